The van der Waals surface area contributed by atoms with Gasteiger partial charge in [0.1, 0.15) is 0 Å². The average molecular weight is 368 g/mol. The molecule has 0 atom stereocenters. The number of rotatable bonds is 7. The molecule has 7 heteroatoms. The molecule has 0 bridgehead atoms. The van der Waals surface area contributed by atoms with E-state index in [0.717, 1.165) is 32.4 Å². The van der Waals surface area contributed by atoms with Crippen LogP contribution in [-0.4, -0.2) is 63.3 Å². The number of nitrogens with zero attached hydrogens (tertiary/aromatic N) is 2. The molecule has 1 heterocycles. The minimum Gasteiger partial charge on any atom is -0.352 e. The number of likely N-dealkylation sites (N-methyl/N-ethyl adjacent to an activating group) is 1. The van der Waals surface area contributed by atoms with Gasteiger partial charge in [-0.2, -0.15) is 4.31 Å². The second kappa shape index (κ2) is 8.78. The monoisotopic (exact) mass is 367 g/mol. The van der Waals surface area contributed by atoms with Gasteiger partial charge in [-0.15, -0.1) is 0 Å². The van der Waals surface area contributed by atoms with Crippen LogP contribution in [0.3, 0.4) is 0 Å². The summed E-state index contributed by atoms with van der Waals surface area (Å²) in [6.07, 6.45) is 3.09. The number of carbonyl (C=O) groups is 1. The molecule has 1 fully saturated rings. The van der Waals surface area contributed by atoms with Gasteiger partial charge in [0.25, 0.3) is 5.91 Å². The number of benzene rings is 1. The Labute approximate surface area is 151 Å². The van der Waals surface area contributed by atoms with E-state index in [1.165, 1.54) is 10.4 Å². The van der Waals surface area contributed by atoms with E-state index < -0.39 is 10.0 Å². The van der Waals surface area contributed by atoms with Gasteiger partial charge >= 0.3 is 0 Å². The zero-order chi connectivity index (χ0) is 18.4. The van der Waals surface area contributed by atoms with Gasteiger partial charge in [-0.3, -0.25) is 4.79 Å². The lowest BCUT2D eigenvalue weighted by molar-refractivity contribution is 0.0952. The number of piperazine rings is 1. The molecule has 0 spiro atoms. The molecule has 0 saturated carbocycles. The Bertz CT molecular complexity index is 696. The minimum absolute atomic E-state index is 0.217. The van der Waals surface area contributed by atoms with E-state index in [4.69, 9.17) is 0 Å². The highest BCUT2D eigenvalue weighted by atomic mass is 32.2. The Balaban J connectivity index is 2.16. The zero-order valence-electron chi connectivity index (χ0n) is 15.4. The minimum atomic E-state index is -3.57. The van der Waals surface area contributed by atoms with Crippen LogP contribution >= 0.6 is 0 Å². The first-order valence-electron chi connectivity index (χ1n) is 8.93. The van der Waals surface area contributed by atoms with Crippen molar-refractivity contribution in [2.24, 2.45) is 0 Å². The fraction of sp³-hybridized carbons (Fsp3) is 0.611. The van der Waals surface area contributed by atoms with Gasteiger partial charge in [0.15, 0.2) is 0 Å². The molecule has 0 aromatic heterocycles. The topological polar surface area (TPSA) is 69.7 Å². The predicted octanol–water partition coefficient (Wildman–Crippen LogP) is 1.85. The van der Waals surface area contributed by atoms with Crippen LogP contribution < -0.4 is 5.32 Å². The molecule has 1 aliphatic rings. The Morgan fingerprint density at radius 1 is 1.16 bits per heavy atom. The lowest BCUT2D eigenvalue weighted by Gasteiger charge is -2.32. The number of hydrogen-bond donors (Lipinski definition) is 1. The summed E-state index contributed by atoms with van der Waals surface area (Å²) < 4.78 is 27.4. The Hall–Kier alpha value is -1.44. The molecule has 1 aromatic carbocycles. The van der Waals surface area contributed by atoms with Gasteiger partial charge in [-0.1, -0.05) is 25.8 Å². The summed E-state index contributed by atoms with van der Waals surface area (Å²) in [7, 11) is -1.59. The Kier molecular flexibility index (Phi) is 6.98. The van der Waals surface area contributed by atoms with Crippen molar-refractivity contribution in [1.82, 2.24) is 14.5 Å². The standard InChI is InChI=1S/C18H29N3O3S/c1-4-5-6-9-19-18(22)16-8-7-15(2)17(14-16)25(23,24)21-12-10-20(3)11-13-21/h7-8,14H,4-6,9-13H2,1-3H3,(H,19,22). The fourth-order valence-corrected chi connectivity index (χ4v) is 4.54. The maximum atomic E-state index is 13.0. The summed E-state index contributed by atoms with van der Waals surface area (Å²) >= 11 is 0. The van der Waals surface area contributed by atoms with E-state index in [1.54, 1.807) is 19.1 Å². The van der Waals surface area contributed by atoms with Gasteiger partial charge in [-0.05, 0) is 38.1 Å². The Morgan fingerprint density at radius 2 is 1.84 bits per heavy atom. The van der Waals surface area contributed by atoms with Crippen LogP contribution in [0.4, 0.5) is 0 Å². The van der Waals surface area contributed by atoms with Crippen molar-refractivity contribution in [2.45, 2.75) is 38.0 Å². The van der Waals surface area contributed by atoms with E-state index in [2.05, 4.69) is 17.1 Å². The predicted molar refractivity (Wildman–Crippen MR) is 99.3 cm³/mol. The maximum absolute atomic E-state index is 13.0. The van der Waals surface area contributed by atoms with Gasteiger partial charge < -0.3 is 10.2 Å². The largest absolute Gasteiger partial charge is 0.352 e. The first kappa shape index (κ1) is 19.9. The summed E-state index contributed by atoms with van der Waals surface area (Å²) in [5.74, 6) is -0.217. The summed E-state index contributed by atoms with van der Waals surface area (Å²) in [4.78, 5) is 14.6. The first-order chi connectivity index (χ1) is 11.9. The molecule has 0 unspecified atom stereocenters. The third-order valence-electron chi connectivity index (χ3n) is 4.60. The molecule has 0 aliphatic carbocycles. The molecule has 1 N–H and O–H groups in total. The van der Waals surface area contributed by atoms with Crippen molar-refractivity contribution in [2.75, 3.05) is 39.8 Å². The average Bonchev–Trinajstić information content (AvgIpc) is 2.59. The molecule has 140 valence electrons. The lowest BCUT2D eigenvalue weighted by Crippen LogP contribution is -2.47. The van der Waals surface area contributed by atoms with E-state index in [9.17, 15) is 13.2 Å². The molecular formula is C18H29N3O3S. The molecular weight excluding hydrogens is 338 g/mol. The van der Waals surface area contributed by atoms with Crippen LogP contribution in [0.15, 0.2) is 23.1 Å². The molecule has 2 rings (SSSR count). The maximum Gasteiger partial charge on any atom is 0.251 e. The molecule has 1 amide bonds. The lowest BCUT2D eigenvalue weighted by atomic mass is 10.1. The number of unbranched alkanes of at least 4 members (excludes halogenated alkanes) is 2. The summed E-state index contributed by atoms with van der Waals surface area (Å²) in [5.41, 5.74) is 1.07. The van der Waals surface area contributed by atoms with E-state index in [-0.39, 0.29) is 10.8 Å². The first-order valence-corrected chi connectivity index (χ1v) is 10.4. The van der Waals surface area contributed by atoms with E-state index in [1.807, 2.05) is 7.05 Å². The van der Waals surface area contributed by atoms with Gasteiger partial charge in [-0.25, -0.2) is 8.42 Å². The number of sulfonamides is 1. The second-order valence-corrected chi connectivity index (χ2v) is 8.56. The third-order valence-corrected chi connectivity index (χ3v) is 6.64. The fourth-order valence-electron chi connectivity index (χ4n) is 2.87. The van der Waals surface area contributed by atoms with Crippen molar-refractivity contribution in [3.63, 3.8) is 0 Å². The Morgan fingerprint density at radius 3 is 2.48 bits per heavy atom. The second-order valence-electron chi connectivity index (χ2n) is 6.65. The van der Waals surface area contributed by atoms with Crippen LogP contribution in [0.2, 0.25) is 0 Å². The van der Waals surface area contributed by atoms with Crippen LogP contribution in [0.5, 0.6) is 0 Å². The highest BCUT2D eigenvalue weighted by Gasteiger charge is 2.29. The van der Waals surface area contributed by atoms with Crippen LogP contribution in [0, 0.1) is 6.92 Å². The number of hydrogen-bond acceptors (Lipinski definition) is 4. The zero-order valence-corrected chi connectivity index (χ0v) is 16.2. The highest BCUT2D eigenvalue weighted by molar-refractivity contribution is 7.89. The normalized spacial score (nSPS) is 16.8. The smallest absolute Gasteiger partial charge is 0.251 e. The van der Waals surface area contributed by atoms with Crippen molar-refractivity contribution in [1.29, 1.82) is 0 Å². The van der Waals surface area contributed by atoms with Gasteiger partial charge in [0.2, 0.25) is 10.0 Å². The quantitative estimate of drug-likeness (QED) is 0.747. The van der Waals surface area contributed by atoms with E-state index in [0.29, 0.717) is 30.8 Å². The van der Waals surface area contributed by atoms with Crippen LogP contribution in [0.25, 0.3) is 0 Å². The molecule has 0 radical (unpaired) electrons. The number of carbonyl (C=O) groups excluding carboxylic acids is 1. The highest BCUT2D eigenvalue weighted by Crippen LogP contribution is 2.22. The van der Waals surface area contributed by atoms with Crippen molar-refractivity contribution < 1.29 is 13.2 Å². The van der Waals surface area contributed by atoms with Crippen molar-refractivity contribution in [3.05, 3.63) is 29.3 Å². The molecule has 6 nitrogen and oxygen atoms in total. The van der Waals surface area contributed by atoms with Crippen LogP contribution in [0.1, 0.15) is 42.1 Å². The van der Waals surface area contributed by atoms with Crippen LogP contribution in [-0.2, 0) is 10.0 Å². The van der Waals surface area contributed by atoms with Crippen molar-refractivity contribution in [3.8, 4) is 0 Å². The summed E-state index contributed by atoms with van der Waals surface area (Å²) in [5, 5.41) is 2.86. The molecule has 1 aliphatic heterocycles. The summed E-state index contributed by atoms with van der Waals surface area (Å²) in [6.45, 7) is 6.88. The van der Waals surface area contributed by atoms with E-state index >= 15 is 0 Å². The number of aryl methyl sites for hydroxylation is 1. The number of amides is 1. The van der Waals surface area contributed by atoms with Crippen molar-refractivity contribution >= 4 is 15.9 Å². The molecule has 1 saturated heterocycles. The summed E-state index contributed by atoms with van der Waals surface area (Å²) in [6, 6.07) is 4.91. The molecule has 25 heavy (non-hydrogen) atoms. The van der Waals surface area contributed by atoms with Gasteiger partial charge in [0.05, 0.1) is 4.90 Å². The number of nitrogens with one attached hydrogen (secondary N) is 1. The van der Waals surface area contributed by atoms with Gasteiger partial charge in [0, 0.05) is 38.3 Å². The third kappa shape index (κ3) is 5.03. The molecule has 1 aromatic rings. The SMILES string of the molecule is CCCCCNC(=O)c1ccc(C)c(S(=O)(=O)N2CCN(C)CC2)c1.